The van der Waals surface area contributed by atoms with Crippen LogP contribution in [0.3, 0.4) is 0 Å². The summed E-state index contributed by atoms with van der Waals surface area (Å²) in [6.45, 7) is 6.32. The lowest BCUT2D eigenvalue weighted by Gasteiger charge is -2.39. The fourth-order valence-electron chi connectivity index (χ4n) is 7.23. The number of ether oxygens (including phenoxy) is 4. The molecule has 3 aromatic carbocycles. The molecule has 17 heteroatoms. The summed E-state index contributed by atoms with van der Waals surface area (Å²) in [7, 11) is 0. The SMILES string of the molecule is CC(=O)N[C@@H](CC(=O)OCc1ccccc1)C(=O)N[C@@H]1CC[C@@H]2[C@@H](CCN=C(NC(=O)OCc3ccccc3)NC(=O)OCc3ccccc3)C[C@@H](C(=O)OC(C)(C)C)N2C1=O. The van der Waals surface area contributed by atoms with E-state index in [-0.39, 0.29) is 51.1 Å². The Morgan fingerprint density at radius 2 is 1.27 bits per heavy atom. The van der Waals surface area contributed by atoms with Crippen LogP contribution in [0, 0.1) is 5.92 Å². The quantitative estimate of drug-likeness (QED) is 0.0725. The number of guanidine groups is 1. The van der Waals surface area contributed by atoms with Crippen molar-refractivity contribution < 1.29 is 52.5 Å². The van der Waals surface area contributed by atoms with Crippen molar-refractivity contribution in [2.75, 3.05) is 6.54 Å². The van der Waals surface area contributed by atoms with E-state index in [1.54, 1.807) is 93.6 Å². The molecule has 0 saturated carbocycles. The first-order chi connectivity index (χ1) is 29.6. The van der Waals surface area contributed by atoms with Gasteiger partial charge in [0.15, 0.2) is 0 Å². The first-order valence-corrected chi connectivity index (χ1v) is 20.5. The minimum Gasteiger partial charge on any atom is -0.461 e. The molecule has 2 aliphatic heterocycles. The maximum absolute atomic E-state index is 14.2. The second kappa shape index (κ2) is 22.2. The minimum absolute atomic E-state index is 0.0268. The molecule has 62 heavy (non-hydrogen) atoms. The van der Waals surface area contributed by atoms with Gasteiger partial charge in [0.05, 0.1) is 6.42 Å². The minimum atomic E-state index is -1.32. The van der Waals surface area contributed by atoms with Crippen LogP contribution in [-0.2, 0) is 62.7 Å². The van der Waals surface area contributed by atoms with E-state index in [0.717, 1.165) is 16.7 Å². The van der Waals surface area contributed by atoms with Crippen molar-refractivity contribution in [3.05, 3.63) is 108 Å². The maximum atomic E-state index is 14.2. The maximum Gasteiger partial charge on any atom is 0.414 e. The van der Waals surface area contributed by atoms with Crippen molar-refractivity contribution in [2.24, 2.45) is 10.9 Å². The standard InChI is InChI=1S/C45H54N6O11/c1-29(52)47-35(25-38(53)59-26-30-14-8-5-9-15-30)39(54)48-34-20-21-36-33(24-37(51(36)40(34)55)41(56)62-45(2,3)4)22-23-46-42(49-43(57)60-27-31-16-10-6-11-17-31)50-44(58)61-28-32-18-12-7-13-19-32/h5-19,33-37H,20-28H2,1-4H3,(H,47,52)(H,48,54)(H2,46,49,50,57,58)/t33-,34+,35-,36+,37-/m0/s1. The summed E-state index contributed by atoms with van der Waals surface area (Å²) < 4.78 is 21.7. The molecule has 2 saturated heterocycles. The zero-order valence-corrected chi connectivity index (χ0v) is 35.3. The summed E-state index contributed by atoms with van der Waals surface area (Å²) in [6, 6.07) is 23.2. The van der Waals surface area contributed by atoms with Gasteiger partial charge in [-0.25, -0.2) is 14.4 Å². The van der Waals surface area contributed by atoms with Crippen LogP contribution in [0.2, 0.25) is 0 Å². The number of amides is 5. The normalized spacial score (nSPS) is 18.5. The summed E-state index contributed by atoms with van der Waals surface area (Å²) in [4.78, 5) is 97.8. The van der Waals surface area contributed by atoms with Crippen LogP contribution in [-0.4, -0.2) is 89.0 Å². The third-order valence-corrected chi connectivity index (χ3v) is 10.0. The summed E-state index contributed by atoms with van der Waals surface area (Å²) >= 11 is 0. The number of carbonyl (C=O) groups is 7. The monoisotopic (exact) mass is 854 g/mol. The number of rotatable bonds is 15. The van der Waals surface area contributed by atoms with Crippen molar-refractivity contribution in [1.82, 2.24) is 26.2 Å². The van der Waals surface area contributed by atoms with Gasteiger partial charge < -0.3 is 34.5 Å². The molecule has 3 aromatic rings. The van der Waals surface area contributed by atoms with E-state index in [1.807, 2.05) is 18.2 Å². The van der Waals surface area contributed by atoms with E-state index in [4.69, 9.17) is 18.9 Å². The third-order valence-electron chi connectivity index (χ3n) is 10.0. The van der Waals surface area contributed by atoms with Crippen molar-refractivity contribution in [1.29, 1.82) is 0 Å². The molecule has 2 aliphatic rings. The molecule has 0 aliphatic carbocycles. The van der Waals surface area contributed by atoms with Crippen molar-refractivity contribution >= 4 is 47.8 Å². The highest BCUT2D eigenvalue weighted by Gasteiger charge is 2.52. The zero-order valence-electron chi connectivity index (χ0n) is 35.3. The van der Waals surface area contributed by atoms with Crippen LogP contribution < -0.4 is 21.3 Å². The van der Waals surface area contributed by atoms with Gasteiger partial charge in [-0.1, -0.05) is 91.0 Å². The highest BCUT2D eigenvalue weighted by atomic mass is 16.6. The Hall–Kier alpha value is -6.78. The van der Waals surface area contributed by atoms with Gasteiger partial charge in [0, 0.05) is 19.5 Å². The average molecular weight is 855 g/mol. The molecule has 5 amide bonds. The fourth-order valence-corrected chi connectivity index (χ4v) is 7.23. The molecule has 330 valence electrons. The smallest absolute Gasteiger partial charge is 0.414 e. The predicted octanol–water partition coefficient (Wildman–Crippen LogP) is 4.43. The molecule has 0 aromatic heterocycles. The molecule has 4 N–H and O–H groups in total. The predicted molar refractivity (Wildman–Crippen MR) is 224 cm³/mol. The number of hydrogen-bond acceptors (Lipinski definition) is 12. The average Bonchev–Trinajstić information content (AvgIpc) is 3.62. The topological polar surface area (TPSA) is 220 Å². The Bertz CT molecular complexity index is 2000. The molecular formula is C45H54N6O11. The van der Waals surface area contributed by atoms with Crippen molar-refractivity contribution in [3.63, 3.8) is 0 Å². The van der Waals surface area contributed by atoms with Crippen LogP contribution in [0.4, 0.5) is 9.59 Å². The van der Waals surface area contributed by atoms with E-state index in [2.05, 4.69) is 26.3 Å². The molecule has 0 spiro atoms. The van der Waals surface area contributed by atoms with Crippen LogP contribution in [0.25, 0.3) is 0 Å². The third kappa shape index (κ3) is 14.4. The Morgan fingerprint density at radius 1 is 0.758 bits per heavy atom. The Balaban J connectivity index is 1.26. The summed E-state index contributed by atoms with van der Waals surface area (Å²) in [5.41, 5.74) is 1.37. The number of benzene rings is 3. The number of alkyl carbamates (subject to hydrolysis) is 2. The van der Waals surface area contributed by atoms with Gasteiger partial charge in [-0.05, 0) is 69.1 Å². The van der Waals surface area contributed by atoms with Gasteiger partial charge in [0.25, 0.3) is 0 Å². The van der Waals surface area contributed by atoms with Crippen LogP contribution in [0.1, 0.15) is 76.5 Å². The van der Waals surface area contributed by atoms with E-state index in [0.29, 0.717) is 12.8 Å². The zero-order chi connectivity index (χ0) is 44.6. The van der Waals surface area contributed by atoms with Crippen molar-refractivity contribution in [2.45, 2.75) is 109 Å². The number of carbonyl (C=O) groups excluding carboxylic acids is 7. The molecule has 0 unspecified atom stereocenters. The van der Waals surface area contributed by atoms with E-state index in [9.17, 15) is 33.6 Å². The molecule has 0 radical (unpaired) electrons. The number of esters is 2. The lowest BCUT2D eigenvalue weighted by atomic mass is 9.88. The van der Waals surface area contributed by atoms with Gasteiger partial charge in [-0.3, -0.25) is 34.8 Å². The molecule has 17 nitrogen and oxygen atoms in total. The second-order valence-corrected chi connectivity index (χ2v) is 16.0. The fraction of sp³-hybridized carbons (Fsp3) is 0.422. The van der Waals surface area contributed by atoms with E-state index < -0.39 is 78.0 Å². The van der Waals surface area contributed by atoms with Gasteiger partial charge in [-0.15, -0.1) is 0 Å². The molecule has 0 bridgehead atoms. The van der Waals surface area contributed by atoms with Gasteiger partial charge in [0.1, 0.15) is 43.5 Å². The van der Waals surface area contributed by atoms with Crippen LogP contribution in [0.5, 0.6) is 0 Å². The summed E-state index contributed by atoms with van der Waals surface area (Å²) in [5, 5.41) is 10.1. The van der Waals surface area contributed by atoms with Crippen LogP contribution in [0.15, 0.2) is 96.0 Å². The first-order valence-electron chi connectivity index (χ1n) is 20.5. The Morgan fingerprint density at radius 3 is 1.77 bits per heavy atom. The van der Waals surface area contributed by atoms with Gasteiger partial charge in [-0.2, -0.15) is 0 Å². The number of nitrogens with one attached hydrogen (secondary N) is 4. The molecular weight excluding hydrogens is 801 g/mol. The van der Waals surface area contributed by atoms with Gasteiger partial charge in [0.2, 0.25) is 23.7 Å². The van der Waals surface area contributed by atoms with Crippen LogP contribution >= 0.6 is 0 Å². The summed E-state index contributed by atoms with van der Waals surface area (Å²) in [6.07, 6.45) is -1.09. The number of fused-ring (bicyclic) bond motifs is 1. The first kappa shape index (κ1) is 46.3. The lowest BCUT2D eigenvalue weighted by Crippen LogP contribution is -2.60. The number of nitrogens with zero attached hydrogens (tertiary/aromatic N) is 2. The second-order valence-electron chi connectivity index (χ2n) is 16.0. The van der Waals surface area contributed by atoms with Crippen molar-refractivity contribution in [3.8, 4) is 0 Å². The largest absolute Gasteiger partial charge is 0.461 e. The summed E-state index contributed by atoms with van der Waals surface area (Å²) in [5.74, 6) is -3.68. The molecule has 2 heterocycles. The molecule has 5 rings (SSSR count). The van der Waals surface area contributed by atoms with Gasteiger partial charge >= 0.3 is 24.1 Å². The number of hydrogen-bond donors (Lipinski definition) is 4. The van der Waals surface area contributed by atoms with E-state index >= 15 is 0 Å². The Kier molecular flexibility index (Phi) is 16.6. The number of aliphatic imine (C=N–C) groups is 1. The molecule has 2 fully saturated rings. The lowest BCUT2D eigenvalue weighted by molar-refractivity contribution is -0.165. The van der Waals surface area contributed by atoms with E-state index in [1.165, 1.54) is 11.8 Å². The highest BCUT2D eigenvalue weighted by Crippen LogP contribution is 2.39. The molecule has 5 atom stereocenters. The Labute approximate surface area is 360 Å². The number of piperidine rings is 1. The highest BCUT2D eigenvalue weighted by molar-refractivity contribution is 6.01.